The number of fused-ring (bicyclic) bond motifs is 1. The van der Waals surface area contributed by atoms with Crippen LogP contribution in [0.5, 0.6) is 0 Å². The van der Waals surface area contributed by atoms with Gasteiger partial charge in [-0.25, -0.2) is 0 Å². The molecule has 2 aromatic carbocycles. The predicted molar refractivity (Wildman–Crippen MR) is 86.7 cm³/mol. The fourth-order valence-electron chi connectivity index (χ4n) is 2.62. The maximum absolute atomic E-state index is 9.17. The third-order valence-electron chi connectivity index (χ3n) is 3.80. The fourth-order valence-corrected chi connectivity index (χ4v) is 2.91. The van der Waals surface area contributed by atoms with Crippen LogP contribution >= 0.6 is 12.2 Å². The Bertz CT molecular complexity index is 896. The van der Waals surface area contributed by atoms with Crippen molar-refractivity contribution >= 4 is 23.3 Å². The smallest absolute Gasteiger partial charge is 0.178 e. The van der Waals surface area contributed by atoms with Crippen LogP contribution in [0, 0.1) is 23.0 Å². The van der Waals surface area contributed by atoms with E-state index in [1.165, 1.54) is 11.1 Å². The van der Waals surface area contributed by atoms with Gasteiger partial charge in [-0.1, -0.05) is 30.3 Å². The molecule has 3 rings (SSSR count). The maximum Gasteiger partial charge on any atom is 0.178 e. The Kier molecular flexibility index (Phi) is 3.59. The summed E-state index contributed by atoms with van der Waals surface area (Å²) in [7, 11) is 0. The van der Waals surface area contributed by atoms with Crippen molar-refractivity contribution in [2.45, 2.75) is 19.9 Å². The molecule has 0 fully saturated rings. The molecule has 0 aliphatic rings. The summed E-state index contributed by atoms with van der Waals surface area (Å²) in [6, 6.07) is 16.3. The number of nitrogens with zero attached hydrogens (tertiary/aromatic N) is 2. The average molecular weight is 293 g/mol. The molecule has 0 aliphatic heterocycles. The number of H-pyrrole nitrogens is 1. The number of nitriles is 1. The molecule has 1 heterocycles. The van der Waals surface area contributed by atoms with Crippen LogP contribution in [0.2, 0.25) is 0 Å². The predicted octanol–water partition coefficient (Wildman–Crippen LogP) is 4.12. The molecule has 0 spiro atoms. The maximum atomic E-state index is 9.17. The first-order valence-electron chi connectivity index (χ1n) is 6.87. The number of nitrogens with one attached hydrogen (secondary N) is 1. The number of aromatic amines is 1. The van der Waals surface area contributed by atoms with Crippen LogP contribution in [-0.2, 0) is 13.0 Å². The first-order chi connectivity index (χ1) is 10.2. The van der Waals surface area contributed by atoms with Gasteiger partial charge in [0.1, 0.15) is 6.07 Å². The first-order valence-corrected chi connectivity index (χ1v) is 7.27. The summed E-state index contributed by atoms with van der Waals surface area (Å²) in [6.45, 7) is 2.93. The Morgan fingerprint density at radius 3 is 2.76 bits per heavy atom. The highest BCUT2D eigenvalue weighted by Crippen LogP contribution is 2.19. The van der Waals surface area contributed by atoms with Gasteiger partial charge in [0.2, 0.25) is 0 Å². The van der Waals surface area contributed by atoms with E-state index in [9.17, 15) is 0 Å². The molecule has 0 saturated heterocycles. The van der Waals surface area contributed by atoms with Crippen LogP contribution < -0.4 is 0 Å². The first kappa shape index (κ1) is 13.6. The summed E-state index contributed by atoms with van der Waals surface area (Å²) in [6.07, 6.45) is 0.921. The van der Waals surface area contributed by atoms with Crippen LogP contribution in [0.1, 0.15) is 16.7 Å². The van der Waals surface area contributed by atoms with Crippen LogP contribution in [0.3, 0.4) is 0 Å². The second-order valence-corrected chi connectivity index (χ2v) is 5.46. The number of imidazole rings is 1. The summed E-state index contributed by atoms with van der Waals surface area (Å²) < 4.78 is 2.74. The summed E-state index contributed by atoms with van der Waals surface area (Å²) in [4.78, 5) is 3.15. The quantitative estimate of drug-likeness (QED) is 0.738. The van der Waals surface area contributed by atoms with Gasteiger partial charge in [0, 0.05) is 6.54 Å². The minimum Gasteiger partial charge on any atom is -0.329 e. The van der Waals surface area contributed by atoms with E-state index < -0.39 is 0 Å². The molecule has 21 heavy (non-hydrogen) atoms. The number of hydrogen-bond donors (Lipinski definition) is 1. The molecule has 0 atom stereocenters. The molecule has 3 nitrogen and oxygen atoms in total. The third kappa shape index (κ3) is 2.48. The van der Waals surface area contributed by atoms with E-state index >= 15 is 0 Å². The lowest BCUT2D eigenvalue weighted by Crippen LogP contribution is -2.02. The van der Waals surface area contributed by atoms with E-state index in [0.29, 0.717) is 10.3 Å². The zero-order valence-corrected chi connectivity index (χ0v) is 12.6. The van der Waals surface area contributed by atoms with Crippen molar-refractivity contribution in [1.29, 1.82) is 5.26 Å². The van der Waals surface area contributed by atoms with Gasteiger partial charge >= 0.3 is 0 Å². The Morgan fingerprint density at radius 1 is 1.19 bits per heavy atom. The summed E-state index contributed by atoms with van der Waals surface area (Å²) >= 11 is 5.41. The van der Waals surface area contributed by atoms with E-state index in [1.54, 1.807) is 6.07 Å². The van der Waals surface area contributed by atoms with Gasteiger partial charge in [-0.3, -0.25) is 0 Å². The van der Waals surface area contributed by atoms with Crippen LogP contribution in [0.4, 0.5) is 0 Å². The number of hydrogen-bond acceptors (Lipinski definition) is 2. The monoisotopic (exact) mass is 293 g/mol. The molecule has 4 heteroatoms. The van der Waals surface area contributed by atoms with Gasteiger partial charge in [0.15, 0.2) is 4.77 Å². The highest BCUT2D eigenvalue weighted by atomic mass is 32.1. The van der Waals surface area contributed by atoms with Crippen LogP contribution in [0.15, 0.2) is 42.5 Å². The molecule has 0 bridgehead atoms. The fraction of sp³-hybridized carbons (Fsp3) is 0.176. The van der Waals surface area contributed by atoms with Gasteiger partial charge < -0.3 is 9.55 Å². The zero-order chi connectivity index (χ0) is 14.8. The largest absolute Gasteiger partial charge is 0.329 e. The molecule has 3 aromatic rings. The van der Waals surface area contributed by atoms with Crippen molar-refractivity contribution in [2.24, 2.45) is 0 Å². The number of aryl methyl sites for hydroxylation is 3. The minimum absolute atomic E-state index is 0.633. The molecule has 104 valence electrons. The lowest BCUT2D eigenvalue weighted by atomic mass is 10.1. The molecule has 0 saturated carbocycles. The Morgan fingerprint density at radius 2 is 2.00 bits per heavy atom. The lowest BCUT2D eigenvalue weighted by molar-refractivity contribution is 0.704. The Balaban J connectivity index is 1.99. The summed E-state index contributed by atoms with van der Waals surface area (Å²) in [5.41, 5.74) is 5.07. The SMILES string of the molecule is Cc1ccccc1CCn1c(=S)[nH]c2c(C#N)cccc21. The van der Waals surface area contributed by atoms with E-state index in [1.807, 2.05) is 12.1 Å². The molecule has 1 aromatic heterocycles. The molecular weight excluding hydrogens is 278 g/mol. The van der Waals surface area contributed by atoms with E-state index in [4.69, 9.17) is 17.5 Å². The number of rotatable bonds is 3. The van der Waals surface area contributed by atoms with E-state index in [0.717, 1.165) is 24.0 Å². The van der Waals surface area contributed by atoms with Crippen molar-refractivity contribution in [2.75, 3.05) is 0 Å². The normalized spacial score (nSPS) is 10.7. The molecule has 0 unspecified atom stereocenters. The standard InChI is InChI=1S/C17H15N3S/c1-12-5-2-3-6-13(12)9-10-20-15-8-4-7-14(11-18)16(15)19-17(20)21/h2-8H,9-10H2,1H3,(H,19,21). The van der Waals surface area contributed by atoms with Crippen molar-refractivity contribution in [3.05, 3.63) is 63.9 Å². The lowest BCUT2D eigenvalue weighted by Gasteiger charge is -2.07. The van der Waals surface area contributed by atoms with Crippen LogP contribution in [0.25, 0.3) is 11.0 Å². The number of para-hydroxylation sites is 1. The molecule has 1 N–H and O–H groups in total. The zero-order valence-electron chi connectivity index (χ0n) is 11.8. The topological polar surface area (TPSA) is 44.5 Å². The van der Waals surface area contributed by atoms with E-state index in [2.05, 4.69) is 46.8 Å². The van der Waals surface area contributed by atoms with Gasteiger partial charge in [0.05, 0.1) is 16.6 Å². The second kappa shape index (κ2) is 5.55. The van der Waals surface area contributed by atoms with Gasteiger partial charge in [-0.15, -0.1) is 0 Å². The Hall–Kier alpha value is -2.38. The minimum atomic E-state index is 0.633. The highest BCUT2D eigenvalue weighted by Gasteiger charge is 2.08. The van der Waals surface area contributed by atoms with Crippen LogP contribution in [-0.4, -0.2) is 9.55 Å². The molecule has 0 radical (unpaired) electrons. The highest BCUT2D eigenvalue weighted by molar-refractivity contribution is 7.71. The van der Waals surface area contributed by atoms with Crippen molar-refractivity contribution in [1.82, 2.24) is 9.55 Å². The van der Waals surface area contributed by atoms with E-state index in [-0.39, 0.29) is 0 Å². The molecule has 0 aliphatic carbocycles. The van der Waals surface area contributed by atoms with Crippen molar-refractivity contribution < 1.29 is 0 Å². The third-order valence-corrected chi connectivity index (χ3v) is 4.12. The average Bonchev–Trinajstić information content (AvgIpc) is 2.82. The second-order valence-electron chi connectivity index (χ2n) is 5.07. The molecular formula is C17H15N3S. The Labute approximate surface area is 128 Å². The number of benzene rings is 2. The van der Waals surface area contributed by atoms with Crippen molar-refractivity contribution in [3.8, 4) is 6.07 Å². The summed E-state index contributed by atoms with van der Waals surface area (Å²) in [5, 5.41) is 9.17. The number of aromatic nitrogens is 2. The van der Waals surface area contributed by atoms with Gasteiger partial charge in [0.25, 0.3) is 0 Å². The van der Waals surface area contributed by atoms with Crippen molar-refractivity contribution in [3.63, 3.8) is 0 Å². The van der Waals surface area contributed by atoms with Gasteiger partial charge in [-0.2, -0.15) is 5.26 Å². The molecule has 0 amide bonds. The summed E-state index contributed by atoms with van der Waals surface area (Å²) in [5.74, 6) is 0. The van der Waals surface area contributed by atoms with Gasteiger partial charge in [-0.05, 0) is 48.8 Å².